The fraction of sp³-hybridized carbons (Fsp3) is 0.333. The predicted molar refractivity (Wildman–Crippen MR) is 101 cm³/mol. The topological polar surface area (TPSA) is 59.1 Å². The summed E-state index contributed by atoms with van der Waals surface area (Å²) in [5, 5.41) is 0. The summed E-state index contributed by atoms with van der Waals surface area (Å²) in [7, 11) is 1.93. The second kappa shape index (κ2) is 7.04. The second-order valence-corrected chi connectivity index (χ2v) is 6.90. The summed E-state index contributed by atoms with van der Waals surface area (Å²) < 4.78 is 11.1. The normalized spacial score (nSPS) is 15.4. The molecule has 2 aromatic rings. The molecule has 1 amide bonds. The predicted octanol–water partition coefficient (Wildman–Crippen LogP) is 2.64. The summed E-state index contributed by atoms with van der Waals surface area (Å²) >= 11 is 0. The first kappa shape index (κ1) is 17.5. The summed E-state index contributed by atoms with van der Waals surface area (Å²) in [6.45, 7) is 4.04. The number of hydrogen-bond donors (Lipinski definition) is 0. The Hall–Kier alpha value is -2.86. The zero-order valence-electron chi connectivity index (χ0n) is 15.5. The highest BCUT2D eigenvalue weighted by Gasteiger charge is 2.38. The lowest BCUT2D eigenvalue weighted by Crippen LogP contribution is -2.38. The Morgan fingerprint density at radius 1 is 1.00 bits per heavy atom. The lowest BCUT2D eigenvalue weighted by molar-refractivity contribution is -0.114. The van der Waals surface area contributed by atoms with Crippen LogP contribution in [-0.2, 0) is 17.8 Å². The van der Waals surface area contributed by atoms with Gasteiger partial charge in [-0.1, -0.05) is 31.2 Å². The molecule has 0 radical (unpaired) electrons. The summed E-state index contributed by atoms with van der Waals surface area (Å²) in [4.78, 5) is 28.4. The molecule has 0 saturated carbocycles. The Kier molecular flexibility index (Phi) is 4.58. The lowest BCUT2D eigenvalue weighted by Gasteiger charge is -2.25. The van der Waals surface area contributed by atoms with Crippen LogP contribution in [0.2, 0.25) is 0 Å². The first-order valence-electron chi connectivity index (χ1n) is 9.13. The van der Waals surface area contributed by atoms with Gasteiger partial charge in [-0.25, -0.2) is 0 Å². The number of ketones is 1. The molecular formula is C21H22N2O4. The van der Waals surface area contributed by atoms with E-state index in [0.717, 1.165) is 12.0 Å². The average molecular weight is 366 g/mol. The first-order valence-corrected chi connectivity index (χ1v) is 9.13. The van der Waals surface area contributed by atoms with E-state index in [4.69, 9.17) is 9.47 Å². The third-order valence-electron chi connectivity index (χ3n) is 4.90. The Morgan fingerprint density at radius 2 is 1.63 bits per heavy atom. The van der Waals surface area contributed by atoms with Gasteiger partial charge in [-0.3, -0.25) is 19.4 Å². The van der Waals surface area contributed by atoms with E-state index >= 15 is 0 Å². The Balaban J connectivity index is 1.53. The second-order valence-electron chi connectivity index (χ2n) is 6.90. The molecule has 6 heteroatoms. The molecule has 27 heavy (non-hydrogen) atoms. The van der Waals surface area contributed by atoms with Gasteiger partial charge < -0.3 is 9.47 Å². The smallest absolute Gasteiger partial charge is 0.300 e. The van der Waals surface area contributed by atoms with E-state index < -0.39 is 11.7 Å². The highest BCUT2D eigenvalue weighted by atomic mass is 16.6. The Bertz CT molecular complexity index is 892. The van der Waals surface area contributed by atoms with Crippen LogP contribution in [0.4, 0.5) is 5.69 Å². The molecule has 4 rings (SSSR count). The Labute approximate surface area is 158 Å². The number of carbonyl (C=O) groups excluding carboxylic acids is 2. The minimum Gasteiger partial charge on any atom is -0.486 e. The SMILES string of the molecule is CCc1ccc(CN(C)CN2C(=O)C(=O)c3cc4c(cc32)OCCO4)cc1. The molecule has 0 spiro atoms. The summed E-state index contributed by atoms with van der Waals surface area (Å²) in [5.41, 5.74) is 3.42. The number of amides is 1. The van der Waals surface area contributed by atoms with Crippen LogP contribution >= 0.6 is 0 Å². The van der Waals surface area contributed by atoms with Crippen molar-refractivity contribution in [3.63, 3.8) is 0 Å². The van der Waals surface area contributed by atoms with E-state index in [-0.39, 0.29) is 0 Å². The van der Waals surface area contributed by atoms with Crippen LogP contribution < -0.4 is 14.4 Å². The number of hydrogen-bond acceptors (Lipinski definition) is 5. The van der Waals surface area contributed by atoms with Gasteiger partial charge in [0.25, 0.3) is 5.78 Å². The lowest BCUT2D eigenvalue weighted by atomic mass is 10.1. The van der Waals surface area contributed by atoms with Gasteiger partial charge in [0.2, 0.25) is 0 Å². The summed E-state index contributed by atoms with van der Waals surface area (Å²) in [6.07, 6.45) is 1.01. The molecule has 2 heterocycles. The van der Waals surface area contributed by atoms with Crippen LogP contribution in [0.5, 0.6) is 11.5 Å². The van der Waals surface area contributed by atoms with Gasteiger partial charge in [-0.15, -0.1) is 0 Å². The summed E-state index contributed by atoms with van der Waals surface area (Å²) in [6, 6.07) is 11.8. The minimum atomic E-state index is -0.513. The van der Waals surface area contributed by atoms with E-state index in [9.17, 15) is 9.59 Å². The molecule has 0 saturated heterocycles. The van der Waals surface area contributed by atoms with Gasteiger partial charge in [0.1, 0.15) is 13.2 Å². The third-order valence-corrected chi connectivity index (χ3v) is 4.90. The molecule has 2 aliphatic heterocycles. The molecule has 2 aliphatic rings. The number of benzene rings is 2. The zero-order chi connectivity index (χ0) is 19.0. The van der Waals surface area contributed by atoms with Gasteiger partial charge in [-0.05, 0) is 30.7 Å². The molecule has 0 atom stereocenters. The number of Topliss-reactive ketones (excluding diaryl/α,β-unsaturated/α-hetero) is 1. The van der Waals surface area contributed by atoms with E-state index in [1.807, 2.05) is 11.9 Å². The van der Waals surface area contributed by atoms with Crippen LogP contribution in [0.25, 0.3) is 0 Å². The number of carbonyl (C=O) groups is 2. The van der Waals surface area contributed by atoms with Crippen LogP contribution in [0.15, 0.2) is 36.4 Å². The largest absolute Gasteiger partial charge is 0.486 e. The molecule has 0 N–H and O–H groups in total. The van der Waals surface area contributed by atoms with Gasteiger partial charge in [0.05, 0.1) is 17.9 Å². The molecular weight excluding hydrogens is 344 g/mol. The van der Waals surface area contributed by atoms with Crippen LogP contribution in [0.3, 0.4) is 0 Å². The highest BCUT2D eigenvalue weighted by molar-refractivity contribution is 6.52. The number of rotatable bonds is 5. The maximum Gasteiger partial charge on any atom is 0.300 e. The third kappa shape index (κ3) is 3.28. The first-order chi connectivity index (χ1) is 13.1. The molecule has 0 unspecified atom stereocenters. The molecule has 0 aromatic heterocycles. The fourth-order valence-corrected chi connectivity index (χ4v) is 3.45. The number of ether oxygens (including phenoxy) is 2. The monoisotopic (exact) mass is 366 g/mol. The number of fused-ring (bicyclic) bond motifs is 2. The van der Waals surface area contributed by atoms with Gasteiger partial charge in [0, 0.05) is 12.6 Å². The van der Waals surface area contributed by atoms with E-state index in [0.29, 0.717) is 49.2 Å². The minimum absolute atomic E-state index is 0.326. The van der Waals surface area contributed by atoms with E-state index in [2.05, 4.69) is 31.2 Å². The average Bonchev–Trinajstić information content (AvgIpc) is 2.91. The fourth-order valence-electron chi connectivity index (χ4n) is 3.45. The van der Waals surface area contributed by atoms with Crippen LogP contribution in [0, 0.1) is 0 Å². The van der Waals surface area contributed by atoms with E-state index in [1.165, 1.54) is 10.5 Å². The molecule has 0 bridgehead atoms. The molecule has 6 nitrogen and oxygen atoms in total. The Morgan fingerprint density at radius 3 is 2.30 bits per heavy atom. The van der Waals surface area contributed by atoms with E-state index in [1.54, 1.807) is 12.1 Å². The molecule has 2 aromatic carbocycles. The van der Waals surface area contributed by atoms with Gasteiger partial charge in [0.15, 0.2) is 11.5 Å². The van der Waals surface area contributed by atoms with Gasteiger partial charge in [-0.2, -0.15) is 0 Å². The highest BCUT2D eigenvalue weighted by Crippen LogP contribution is 2.40. The number of anilines is 1. The van der Waals surface area contributed by atoms with Crippen molar-refractivity contribution in [2.75, 3.05) is 31.8 Å². The standard InChI is InChI=1S/C21H22N2O4/c1-3-14-4-6-15(7-5-14)12-22(2)13-23-17-11-19-18(26-8-9-27-19)10-16(17)20(24)21(23)25/h4-7,10-11H,3,8-9,12-13H2,1-2H3. The van der Waals surface area contributed by atoms with Crippen LogP contribution in [-0.4, -0.2) is 43.5 Å². The zero-order valence-corrected chi connectivity index (χ0v) is 15.5. The van der Waals surface area contributed by atoms with Crippen molar-refractivity contribution in [1.29, 1.82) is 0 Å². The van der Waals surface area contributed by atoms with Crippen molar-refractivity contribution in [2.45, 2.75) is 19.9 Å². The van der Waals surface area contributed by atoms with Crippen molar-refractivity contribution >= 4 is 17.4 Å². The van der Waals surface area contributed by atoms with Crippen LogP contribution in [0.1, 0.15) is 28.4 Å². The molecule has 0 aliphatic carbocycles. The molecule has 140 valence electrons. The quantitative estimate of drug-likeness (QED) is 0.762. The molecule has 0 fully saturated rings. The van der Waals surface area contributed by atoms with Gasteiger partial charge >= 0.3 is 5.91 Å². The summed E-state index contributed by atoms with van der Waals surface area (Å²) in [5.74, 6) is 0.0841. The van der Waals surface area contributed by atoms with Crippen molar-refractivity contribution in [3.05, 3.63) is 53.1 Å². The number of nitrogens with zero attached hydrogens (tertiary/aromatic N) is 2. The van der Waals surface area contributed by atoms with Crippen molar-refractivity contribution < 1.29 is 19.1 Å². The van der Waals surface area contributed by atoms with Crippen molar-refractivity contribution in [2.24, 2.45) is 0 Å². The van der Waals surface area contributed by atoms with Crippen molar-refractivity contribution in [3.8, 4) is 11.5 Å². The maximum absolute atomic E-state index is 12.5. The van der Waals surface area contributed by atoms with Crippen molar-refractivity contribution in [1.82, 2.24) is 4.90 Å². The number of aryl methyl sites for hydroxylation is 1. The maximum atomic E-state index is 12.5.